The largest absolute Gasteiger partial charge is 0.481 e. The summed E-state index contributed by atoms with van der Waals surface area (Å²) in [6, 6.07) is 25.6. The average molecular weight is 555 g/mol. The number of amides is 2. The van der Waals surface area contributed by atoms with Gasteiger partial charge in [-0.1, -0.05) is 78.9 Å². The third-order valence-electron chi connectivity index (χ3n) is 8.74. The van der Waals surface area contributed by atoms with Gasteiger partial charge < -0.3 is 24.4 Å². The van der Waals surface area contributed by atoms with E-state index in [2.05, 4.69) is 24.3 Å². The number of carboxylic acid groups (broad SMARTS) is 1. The van der Waals surface area contributed by atoms with Gasteiger partial charge in [0.2, 0.25) is 0 Å². The van der Waals surface area contributed by atoms with Gasteiger partial charge in [0.15, 0.2) is 0 Å². The monoisotopic (exact) mass is 554 g/mol. The first-order chi connectivity index (χ1) is 19.5. The maximum atomic E-state index is 13.6. The first-order valence-electron chi connectivity index (χ1n) is 13.9. The van der Waals surface area contributed by atoms with Crippen LogP contribution < -0.4 is 0 Å². The molecule has 0 spiro atoms. The highest BCUT2D eigenvalue weighted by molar-refractivity contribution is 5.84. The zero-order chi connectivity index (χ0) is 29.0. The van der Waals surface area contributed by atoms with E-state index in [0.717, 1.165) is 27.8 Å². The van der Waals surface area contributed by atoms with Crippen LogP contribution in [0.25, 0.3) is 11.1 Å². The van der Waals surface area contributed by atoms with Gasteiger partial charge in [-0.25, -0.2) is 9.59 Å². The summed E-state index contributed by atoms with van der Waals surface area (Å²) in [5.41, 5.74) is 2.08. The highest BCUT2D eigenvalue weighted by atomic mass is 16.6. The maximum absolute atomic E-state index is 13.6. The Morgan fingerprint density at radius 1 is 0.780 bits per heavy atom. The quantitative estimate of drug-likeness (QED) is 0.457. The summed E-state index contributed by atoms with van der Waals surface area (Å²) in [7, 11) is 0. The Hall–Kier alpha value is -4.33. The molecule has 2 amide bonds. The minimum Gasteiger partial charge on any atom is -0.481 e. The van der Waals surface area contributed by atoms with Gasteiger partial charge in [-0.2, -0.15) is 0 Å². The van der Waals surface area contributed by atoms with E-state index in [1.54, 1.807) is 20.8 Å². The van der Waals surface area contributed by atoms with E-state index >= 15 is 0 Å². The second-order valence-corrected chi connectivity index (χ2v) is 12.3. The molecule has 2 fully saturated rings. The SMILES string of the molecule is CC(C)(C)OC(=O)N1C[C@]2(C(=O)O)CN(C(=O)OCC3c4ccccc4-c4ccccc43)C[C@]2(c2ccccc2)C1. The molecule has 212 valence electrons. The lowest BCUT2D eigenvalue weighted by Gasteiger charge is -2.34. The van der Waals surface area contributed by atoms with Crippen molar-refractivity contribution in [1.29, 1.82) is 0 Å². The zero-order valence-corrected chi connectivity index (χ0v) is 23.5. The van der Waals surface area contributed by atoms with Crippen molar-refractivity contribution in [3.8, 4) is 11.1 Å². The van der Waals surface area contributed by atoms with Crippen LogP contribution in [0.1, 0.15) is 43.4 Å². The fourth-order valence-corrected chi connectivity index (χ4v) is 6.95. The first kappa shape index (κ1) is 26.9. The Bertz CT molecular complexity index is 1470. The number of fused-ring (bicyclic) bond motifs is 4. The molecule has 2 saturated heterocycles. The number of nitrogens with zero attached hydrogens (tertiary/aromatic N) is 2. The molecule has 0 bridgehead atoms. The number of carboxylic acids is 1. The van der Waals surface area contributed by atoms with Gasteiger partial charge in [0.05, 0.1) is 5.41 Å². The van der Waals surface area contributed by atoms with Gasteiger partial charge in [0, 0.05) is 32.1 Å². The van der Waals surface area contributed by atoms with E-state index in [1.165, 1.54) is 9.80 Å². The van der Waals surface area contributed by atoms with Gasteiger partial charge >= 0.3 is 18.2 Å². The fourth-order valence-electron chi connectivity index (χ4n) is 6.95. The van der Waals surface area contributed by atoms with Crippen molar-refractivity contribution in [2.45, 2.75) is 37.7 Å². The molecule has 3 aromatic rings. The molecule has 1 aliphatic carbocycles. The highest BCUT2D eigenvalue weighted by Crippen LogP contribution is 2.54. The van der Waals surface area contributed by atoms with Crippen LogP contribution in [0.5, 0.6) is 0 Å². The molecule has 0 aromatic heterocycles. The Balaban J connectivity index is 1.27. The Morgan fingerprint density at radius 2 is 1.29 bits per heavy atom. The van der Waals surface area contributed by atoms with Gasteiger partial charge in [0.1, 0.15) is 17.6 Å². The molecular weight excluding hydrogens is 520 g/mol. The van der Waals surface area contributed by atoms with Crippen molar-refractivity contribution in [2.24, 2.45) is 5.41 Å². The van der Waals surface area contributed by atoms with Crippen LogP contribution in [0, 0.1) is 5.41 Å². The molecule has 3 aromatic carbocycles. The van der Waals surface area contributed by atoms with E-state index in [-0.39, 0.29) is 38.7 Å². The van der Waals surface area contributed by atoms with E-state index in [4.69, 9.17) is 9.47 Å². The molecule has 0 radical (unpaired) electrons. The summed E-state index contributed by atoms with van der Waals surface area (Å²) < 4.78 is 11.5. The molecule has 8 heteroatoms. The van der Waals surface area contributed by atoms with Gasteiger partial charge in [-0.05, 0) is 48.6 Å². The Morgan fingerprint density at radius 3 is 1.83 bits per heavy atom. The summed E-state index contributed by atoms with van der Waals surface area (Å²) in [6.45, 7) is 5.56. The number of hydrogen-bond donors (Lipinski definition) is 1. The van der Waals surface area contributed by atoms with Crippen LogP contribution in [0.4, 0.5) is 9.59 Å². The van der Waals surface area contributed by atoms with Crippen molar-refractivity contribution >= 4 is 18.2 Å². The van der Waals surface area contributed by atoms with Gasteiger partial charge in [-0.3, -0.25) is 4.79 Å². The molecular formula is C33H34N2O6. The number of carbonyl (C=O) groups is 3. The number of carbonyl (C=O) groups excluding carboxylic acids is 2. The van der Waals surface area contributed by atoms with Crippen molar-refractivity contribution in [1.82, 2.24) is 9.80 Å². The van der Waals surface area contributed by atoms with Crippen LogP contribution >= 0.6 is 0 Å². The summed E-state index contributed by atoms with van der Waals surface area (Å²) in [4.78, 5) is 42.8. The highest BCUT2D eigenvalue weighted by Gasteiger charge is 2.70. The van der Waals surface area contributed by atoms with Crippen LogP contribution in [0.15, 0.2) is 78.9 Å². The van der Waals surface area contributed by atoms with Crippen LogP contribution in [-0.2, 0) is 19.7 Å². The van der Waals surface area contributed by atoms with Crippen LogP contribution in [0.2, 0.25) is 0 Å². The van der Waals surface area contributed by atoms with Crippen molar-refractivity contribution in [3.05, 3.63) is 95.6 Å². The first-order valence-corrected chi connectivity index (χ1v) is 13.9. The van der Waals surface area contributed by atoms with Crippen molar-refractivity contribution < 1.29 is 29.0 Å². The molecule has 6 rings (SSSR count). The van der Waals surface area contributed by atoms with Crippen LogP contribution in [-0.4, -0.2) is 71.4 Å². The molecule has 2 heterocycles. The number of hydrogen-bond acceptors (Lipinski definition) is 5. The number of benzene rings is 3. The number of aliphatic carboxylic acids is 1. The normalized spacial score (nSPS) is 23.1. The van der Waals surface area contributed by atoms with Crippen molar-refractivity contribution in [2.75, 3.05) is 32.8 Å². The molecule has 8 nitrogen and oxygen atoms in total. The zero-order valence-electron chi connectivity index (χ0n) is 23.5. The summed E-state index contributed by atoms with van der Waals surface area (Å²) in [5.74, 6) is -1.16. The summed E-state index contributed by atoms with van der Waals surface area (Å²) in [5, 5.41) is 10.7. The van der Waals surface area contributed by atoms with Gasteiger partial charge in [0.25, 0.3) is 0 Å². The number of likely N-dealkylation sites (tertiary alicyclic amines) is 2. The lowest BCUT2D eigenvalue weighted by molar-refractivity contribution is -0.149. The molecule has 0 unspecified atom stereocenters. The van der Waals surface area contributed by atoms with E-state index in [9.17, 15) is 19.5 Å². The Kier molecular flexibility index (Phi) is 6.32. The molecule has 2 aliphatic heterocycles. The van der Waals surface area contributed by atoms with E-state index in [1.807, 2.05) is 54.6 Å². The topological polar surface area (TPSA) is 96.4 Å². The smallest absolute Gasteiger partial charge is 0.410 e. The van der Waals surface area contributed by atoms with Gasteiger partial charge in [-0.15, -0.1) is 0 Å². The predicted molar refractivity (Wildman–Crippen MR) is 153 cm³/mol. The van der Waals surface area contributed by atoms with E-state index in [0.29, 0.717) is 0 Å². The fraction of sp³-hybridized carbons (Fsp3) is 0.364. The Labute approximate surface area is 239 Å². The molecule has 3 aliphatic rings. The average Bonchev–Trinajstić information content (AvgIpc) is 3.57. The van der Waals surface area contributed by atoms with E-state index < -0.39 is 34.6 Å². The lowest BCUT2D eigenvalue weighted by atomic mass is 9.64. The number of ether oxygens (including phenoxy) is 2. The predicted octanol–water partition coefficient (Wildman–Crippen LogP) is 5.51. The standard InChI is InChI=1S/C33H34N2O6/c1-31(2,3)41-30(39)35-19-32(22-11-5-4-6-12-22)18-34(20-33(32,21-35)28(36)37)29(38)40-17-27-25-15-9-7-13-23(25)24-14-8-10-16-26(24)27/h4-16,27H,17-21H2,1-3H3,(H,36,37)/t32-,33+/m1/s1. The summed E-state index contributed by atoms with van der Waals surface area (Å²) in [6.07, 6.45) is -1.11. The molecule has 2 atom stereocenters. The molecule has 0 saturated carbocycles. The minimum atomic E-state index is -1.42. The third kappa shape index (κ3) is 4.33. The summed E-state index contributed by atoms with van der Waals surface area (Å²) >= 11 is 0. The molecule has 1 N–H and O–H groups in total. The lowest BCUT2D eigenvalue weighted by Crippen LogP contribution is -2.49. The maximum Gasteiger partial charge on any atom is 0.410 e. The van der Waals surface area contributed by atoms with Crippen LogP contribution in [0.3, 0.4) is 0 Å². The third-order valence-corrected chi connectivity index (χ3v) is 8.74. The second kappa shape index (κ2) is 9.65. The minimum absolute atomic E-state index is 0.0701. The van der Waals surface area contributed by atoms with Crippen molar-refractivity contribution in [3.63, 3.8) is 0 Å². The second-order valence-electron chi connectivity index (χ2n) is 12.3. The molecule has 41 heavy (non-hydrogen) atoms. The number of rotatable bonds is 4.